The van der Waals surface area contributed by atoms with E-state index in [1.165, 1.54) is 0 Å². The first-order valence-electron chi connectivity index (χ1n) is 5.34. The van der Waals surface area contributed by atoms with Crippen molar-refractivity contribution in [1.82, 2.24) is 0 Å². The Kier molecular flexibility index (Phi) is 3.98. The zero-order valence-corrected chi connectivity index (χ0v) is 11.0. The van der Waals surface area contributed by atoms with Gasteiger partial charge in [0.05, 0.1) is 10.7 Å². The van der Waals surface area contributed by atoms with Crippen molar-refractivity contribution in [2.75, 3.05) is 5.32 Å². The normalized spacial score (nSPS) is 11.3. The second kappa shape index (κ2) is 4.88. The van der Waals surface area contributed by atoms with E-state index in [2.05, 4.69) is 5.32 Å². The molecule has 0 heterocycles. The quantitative estimate of drug-likeness (QED) is 0.830. The fourth-order valence-corrected chi connectivity index (χ4v) is 1.68. The summed E-state index contributed by atoms with van der Waals surface area (Å²) in [5.74, 6) is -0.00162. The molecule has 1 aromatic carbocycles. The highest BCUT2D eigenvalue weighted by Crippen LogP contribution is 2.24. The van der Waals surface area contributed by atoms with Gasteiger partial charge in [-0.2, -0.15) is 0 Å². The third kappa shape index (κ3) is 4.23. The van der Waals surface area contributed by atoms with Gasteiger partial charge in [-0.05, 0) is 30.0 Å². The molecule has 16 heavy (non-hydrogen) atoms. The number of nitrogens with one attached hydrogen (secondary N) is 1. The molecule has 0 bridgehead atoms. The van der Waals surface area contributed by atoms with Crippen molar-refractivity contribution >= 4 is 23.2 Å². The molecule has 0 radical (unpaired) electrons. The Morgan fingerprint density at radius 1 is 1.38 bits per heavy atom. The van der Waals surface area contributed by atoms with Crippen molar-refractivity contribution in [1.29, 1.82) is 0 Å². The lowest BCUT2D eigenvalue weighted by atomic mass is 9.92. The molecule has 0 spiro atoms. The molecule has 1 N–H and O–H groups in total. The number of anilines is 1. The molecule has 0 aliphatic heterocycles. The minimum Gasteiger partial charge on any atom is -0.325 e. The zero-order valence-electron chi connectivity index (χ0n) is 10.2. The van der Waals surface area contributed by atoms with E-state index in [4.69, 9.17) is 11.6 Å². The van der Waals surface area contributed by atoms with Crippen LogP contribution in [0.3, 0.4) is 0 Å². The van der Waals surface area contributed by atoms with Gasteiger partial charge in [-0.15, -0.1) is 0 Å². The second-order valence-electron chi connectivity index (χ2n) is 5.27. The Bertz CT molecular complexity index is 393. The number of benzene rings is 1. The first-order valence-corrected chi connectivity index (χ1v) is 5.72. The van der Waals surface area contributed by atoms with Gasteiger partial charge in [-0.3, -0.25) is 4.79 Å². The van der Waals surface area contributed by atoms with Crippen LogP contribution in [0.25, 0.3) is 0 Å². The summed E-state index contributed by atoms with van der Waals surface area (Å²) in [6, 6.07) is 5.60. The number of aryl methyl sites for hydroxylation is 1. The maximum absolute atomic E-state index is 11.7. The van der Waals surface area contributed by atoms with Crippen LogP contribution in [0, 0.1) is 12.3 Å². The van der Waals surface area contributed by atoms with Crippen molar-refractivity contribution in [3.63, 3.8) is 0 Å². The van der Waals surface area contributed by atoms with Crippen molar-refractivity contribution < 1.29 is 4.79 Å². The van der Waals surface area contributed by atoms with E-state index in [1.807, 2.05) is 45.9 Å². The van der Waals surface area contributed by atoms with Crippen LogP contribution in [0.4, 0.5) is 5.69 Å². The summed E-state index contributed by atoms with van der Waals surface area (Å²) in [6.45, 7) is 8.06. The molecule has 0 aliphatic carbocycles. The molecule has 0 fully saturated rings. The van der Waals surface area contributed by atoms with Gasteiger partial charge in [-0.1, -0.05) is 38.4 Å². The average Bonchev–Trinajstić information content (AvgIpc) is 2.06. The van der Waals surface area contributed by atoms with Crippen LogP contribution in [0.5, 0.6) is 0 Å². The van der Waals surface area contributed by atoms with E-state index in [0.717, 1.165) is 5.56 Å². The van der Waals surface area contributed by atoms with Crippen LogP contribution >= 0.6 is 11.6 Å². The molecule has 0 aliphatic rings. The number of carbonyl (C=O) groups excluding carboxylic acids is 1. The molecule has 0 atom stereocenters. The Hall–Kier alpha value is -1.02. The van der Waals surface area contributed by atoms with Gasteiger partial charge < -0.3 is 5.32 Å². The monoisotopic (exact) mass is 239 g/mol. The van der Waals surface area contributed by atoms with Crippen molar-refractivity contribution in [2.45, 2.75) is 34.1 Å². The first kappa shape index (κ1) is 13.0. The topological polar surface area (TPSA) is 29.1 Å². The number of carbonyl (C=O) groups is 1. The summed E-state index contributed by atoms with van der Waals surface area (Å²) in [6.07, 6.45) is 0.483. The van der Waals surface area contributed by atoms with E-state index >= 15 is 0 Å². The highest BCUT2D eigenvalue weighted by atomic mass is 35.5. The largest absolute Gasteiger partial charge is 0.325 e. The standard InChI is InChI=1S/C13H18ClNO/c1-9-5-6-11(10(14)7-9)15-12(16)8-13(2,3)4/h5-7H,8H2,1-4H3,(H,15,16). The highest BCUT2D eigenvalue weighted by Gasteiger charge is 2.16. The number of hydrogen-bond donors (Lipinski definition) is 1. The summed E-state index contributed by atoms with van der Waals surface area (Å²) >= 11 is 6.03. The fraction of sp³-hybridized carbons (Fsp3) is 0.462. The van der Waals surface area contributed by atoms with Gasteiger partial charge in [0.1, 0.15) is 0 Å². The van der Waals surface area contributed by atoms with Gasteiger partial charge >= 0.3 is 0 Å². The summed E-state index contributed by atoms with van der Waals surface area (Å²) < 4.78 is 0. The highest BCUT2D eigenvalue weighted by molar-refractivity contribution is 6.33. The Labute approximate surface area is 102 Å². The molecule has 1 aromatic rings. The van der Waals surface area contributed by atoms with Crippen LogP contribution in [0.1, 0.15) is 32.8 Å². The maximum atomic E-state index is 11.7. The molecular weight excluding hydrogens is 222 g/mol. The molecule has 1 amide bonds. The number of halogens is 1. The minimum atomic E-state index is -0.0126. The third-order valence-corrected chi connectivity index (χ3v) is 2.40. The van der Waals surface area contributed by atoms with Gasteiger partial charge in [0.25, 0.3) is 0 Å². The smallest absolute Gasteiger partial charge is 0.224 e. The summed E-state index contributed by atoms with van der Waals surface area (Å²) in [5.41, 5.74) is 1.75. The van der Waals surface area contributed by atoms with E-state index < -0.39 is 0 Å². The van der Waals surface area contributed by atoms with Gasteiger partial charge in [-0.25, -0.2) is 0 Å². The first-order chi connectivity index (χ1) is 7.28. The molecule has 0 unspecified atom stereocenters. The molecule has 2 nitrogen and oxygen atoms in total. The Morgan fingerprint density at radius 2 is 2.00 bits per heavy atom. The van der Waals surface area contributed by atoms with Crippen LogP contribution in [-0.4, -0.2) is 5.91 Å². The molecule has 88 valence electrons. The lowest BCUT2D eigenvalue weighted by molar-refractivity contribution is -0.117. The van der Waals surface area contributed by atoms with E-state index in [-0.39, 0.29) is 11.3 Å². The molecule has 0 aromatic heterocycles. The Morgan fingerprint density at radius 3 is 2.50 bits per heavy atom. The Balaban J connectivity index is 2.70. The van der Waals surface area contributed by atoms with Gasteiger partial charge in [0.2, 0.25) is 5.91 Å². The third-order valence-electron chi connectivity index (χ3n) is 2.09. The van der Waals surface area contributed by atoms with Crippen molar-refractivity contribution in [3.8, 4) is 0 Å². The predicted octanol–water partition coefficient (Wildman–Crippen LogP) is 4.02. The van der Waals surface area contributed by atoms with Crippen molar-refractivity contribution in [3.05, 3.63) is 28.8 Å². The lowest BCUT2D eigenvalue weighted by Gasteiger charge is -2.17. The molecular formula is C13H18ClNO. The number of hydrogen-bond acceptors (Lipinski definition) is 1. The number of rotatable bonds is 2. The van der Waals surface area contributed by atoms with Crippen LogP contribution in [0.15, 0.2) is 18.2 Å². The molecule has 1 rings (SSSR count). The van der Waals surface area contributed by atoms with E-state index in [9.17, 15) is 4.79 Å². The van der Waals surface area contributed by atoms with Crippen LogP contribution in [-0.2, 0) is 4.79 Å². The van der Waals surface area contributed by atoms with E-state index in [0.29, 0.717) is 17.1 Å². The van der Waals surface area contributed by atoms with Gasteiger partial charge in [0, 0.05) is 6.42 Å². The summed E-state index contributed by atoms with van der Waals surface area (Å²) in [4.78, 5) is 11.7. The lowest BCUT2D eigenvalue weighted by Crippen LogP contribution is -2.19. The SMILES string of the molecule is Cc1ccc(NC(=O)CC(C)(C)C)c(Cl)c1. The number of amides is 1. The summed E-state index contributed by atoms with van der Waals surface area (Å²) in [7, 11) is 0. The average molecular weight is 240 g/mol. The van der Waals surface area contributed by atoms with Crippen molar-refractivity contribution in [2.24, 2.45) is 5.41 Å². The van der Waals surface area contributed by atoms with Crippen LogP contribution in [0.2, 0.25) is 5.02 Å². The summed E-state index contributed by atoms with van der Waals surface area (Å²) in [5, 5.41) is 3.41. The molecule has 0 saturated carbocycles. The zero-order chi connectivity index (χ0) is 12.3. The second-order valence-corrected chi connectivity index (χ2v) is 5.68. The predicted molar refractivity (Wildman–Crippen MR) is 68.9 cm³/mol. The maximum Gasteiger partial charge on any atom is 0.224 e. The van der Waals surface area contributed by atoms with E-state index in [1.54, 1.807) is 0 Å². The molecule has 0 saturated heterocycles. The molecule has 3 heteroatoms. The van der Waals surface area contributed by atoms with Gasteiger partial charge in [0.15, 0.2) is 0 Å². The minimum absolute atomic E-state index is 0.00162. The fourth-order valence-electron chi connectivity index (χ4n) is 1.40. The van der Waals surface area contributed by atoms with Crippen LogP contribution < -0.4 is 5.32 Å².